The number of hydrogen-bond donors (Lipinski definition) is 1. The lowest BCUT2D eigenvalue weighted by Gasteiger charge is -2.33. The van der Waals surface area contributed by atoms with Gasteiger partial charge in [0.15, 0.2) is 0 Å². The second kappa shape index (κ2) is 5.52. The second-order valence-corrected chi connectivity index (χ2v) is 5.37. The molecule has 1 aliphatic heterocycles. The molecule has 1 saturated carbocycles. The number of likely N-dealkylation sites (tertiary alicyclic amines) is 1. The Morgan fingerprint density at radius 2 is 1.82 bits per heavy atom. The Labute approximate surface area is 102 Å². The van der Waals surface area contributed by atoms with E-state index in [1.165, 1.54) is 12.8 Å². The van der Waals surface area contributed by atoms with Gasteiger partial charge in [0, 0.05) is 25.4 Å². The van der Waals surface area contributed by atoms with E-state index in [-0.39, 0.29) is 24.2 Å². The van der Waals surface area contributed by atoms with Gasteiger partial charge >= 0.3 is 5.97 Å². The van der Waals surface area contributed by atoms with E-state index in [2.05, 4.69) is 0 Å². The predicted octanol–water partition coefficient (Wildman–Crippen LogP) is 1.89. The van der Waals surface area contributed by atoms with Gasteiger partial charge in [0.2, 0.25) is 5.91 Å². The normalized spacial score (nSPS) is 26.1. The Morgan fingerprint density at radius 1 is 1.12 bits per heavy atom. The molecule has 4 nitrogen and oxygen atoms in total. The molecule has 1 heterocycles. The van der Waals surface area contributed by atoms with Crippen LogP contribution >= 0.6 is 0 Å². The van der Waals surface area contributed by atoms with E-state index in [1.54, 1.807) is 0 Å². The van der Waals surface area contributed by atoms with Gasteiger partial charge < -0.3 is 10.0 Å². The highest BCUT2D eigenvalue weighted by Gasteiger charge is 2.31. The topological polar surface area (TPSA) is 57.6 Å². The van der Waals surface area contributed by atoms with Crippen molar-refractivity contribution in [3.8, 4) is 0 Å². The second-order valence-electron chi connectivity index (χ2n) is 5.37. The molecule has 1 aliphatic carbocycles. The molecule has 1 saturated heterocycles. The minimum Gasteiger partial charge on any atom is -0.481 e. The van der Waals surface area contributed by atoms with Gasteiger partial charge in [-0.3, -0.25) is 9.59 Å². The van der Waals surface area contributed by atoms with Crippen LogP contribution in [0.1, 0.15) is 44.9 Å². The number of hydrogen-bond acceptors (Lipinski definition) is 2. The zero-order valence-corrected chi connectivity index (χ0v) is 10.2. The Bertz CT molecular complexity index is 297. The standard InChI is InChI=1S/C13H21NO3/c15-12(16)8-10-4-3-7-14(9-10)13(17)11-5-1-2-6-11/h10-11H,1-9H2,(H,15,16). The van der Waals surface area contributed by atoms with Gasteiger partial charge in [0.05, 0.1) is 0 Å². The summed E-state index contributed by atoms with van der Waals surface area (Å²) < 4.78 is 0. The fourth-order valence-corrected chi connectivity index (χ4v) is 3.11. The molecule has 1 N–H and O–H groups in total. The lowest BCUT2D eigenvalue weighted by atomic mass is 9.93. The maximum Gasteiger partial charge on any atom is 0.303 e. The van der Waals surface area contributed by atoms with Crippen LogP contribution in [0.25, 0.3) is 0 Å². The van der Waals surface area contributed by atoms with Crippen molar-refractivity contribution in [1.82, 2.24) is 4.90 Å². The number of carbonyl (C=O) groups excluding carboxylic acids is 1. The van der Waals surface area contributed by atoms with E-state index >= 15 is 0 Å². The monoisotopic (exact) mass is 239 g/mol. The zero-order chi connectivity index (χ0) is 12.3. The van der Waals surface area contributed by atoms with Gasteiger partial charge in [0.1, 0.15) is 0 Å². The number of piperidine rings is 1. The van der Waals surface area contributed by atoms with Crippen molar-refractivity contribution in [1.29, 1.82) is 0 Å². The largest absolute Gasteiger partial charge is 0.481 e. The Hall–Kier alpha value is -1.06. The van der Waals surface area contributed by atoms with Crippen LogP contribution in [0.2, 0.25) is 0 Å². The highest BCUT2D eigenvalue weighted by atomic mass is 16.4. The Morgan fingerprint density at radius 3 is 2.47 bits per heavy atom. The lowest BCUT2D eigenvalue weighted by molar-refractivity contribution is -0.142. The van der Waals surface area contributed by atoms with Crippen molar-refractivity contribution < 1.29 is 14.7 Å². The number of rotatable bonds is 3. The first-order valence-corrected chi connectivity index (χ1v) is 6.67. The summed E-state index contributed by atoms with van der Waals surface area (Å²) in [6.07, 6.45) is 6.50. The molecule has 2 fully saturated rings. The van der Waals surface area contributed by atoms with Crippen LogP contribution in [0.15, 0.2) is 0 Å². The van der Waals surface area contributed by atoms with Gasteiger partial charge in [-0.25, -0.2) is 0 Å². The van der Waals surface area contributed by atoms with Crippen molar-refractivity contribution in [2.24, 2.45) is 11.8 Å². The molecule has 0 radical (unpaired) electrons. The lowest BCUT2D eigenvalue weighted by Crippen LogP contribution is -2.43. The molecule has 1 unspecified atom stereocenters. The van der Waals surface area contributed by atoms with E-state index < -0.39 is 5.97 Å². The molecular weight excluding hydrogens is 218 g/mol. The fourth-order valence-electron chi connectivity index (χ4n) is 3.11. The van der Waals surface area contributed by atoms with Crippen molar-refractivity contribution in [3.63, 3.8) is 0 Å². The minimum absolute atomic E-state index is 0.159. The number of carbonyl (C=O) groups is 2. The number of carboxylic acids is 1. The summed E-state index contributed by atoms with van der Waals surface area (Å²) in [4.78, 5) is 24.8. The first-order valence-electron chi connectivity index (χ1n) is 6.67. The summed E-state index contributed by atoms with van der Waals surface area (Å²) in [5.41, 5.74) is 0. The van der Waals surface area contributed by atoms with Crippen LogP contribution in [-0.2, 0) is 9.59 Å². The zero-order valence-electron chi connectivity index (χ0n) is 10.2. The summed E-state index contributed by atoms with van der Waals surface area (Å²) in [6.45, 7) is 1.48. The molecule has 96 valence electrons. The average molecular weight is 239 g/mol. The quantitative estimate of drug-likeness (QED) is 0.818. The molecule has 1 atom stereocenters. The van der Waals surface area contributed by atoms with Crippen LogP contribution in [0.3, 0.4) is 0 Å². The van der Waals surface area contributed by atoms with Crippen molar-refractivity contribution in [2.75, 3.05) is 13.1 Å². The third kappa shape index (κ3) is 3.20. The summed E-state index contributed by atoms with van der Waals surface area (Å²) in [7, 11) is 0. The van der Waals surface area contributed by atoms with Gasteiger partial charge in [-0.15, -0.1) is 0 Å². The van der Waals surface area contributed by atoms with E-state index in [1.807, 2.05) is 4.90 Å². The fraction of sp³-hybridized carbons (Fsp3) is 0.846. The van der Waals surface area contributed by atoms with Crippen LogP contribution in [-0.4, -0.2) is 35.0 Å². The molecule has 4 heteroatoms. The highest BCUT2D eigenvalue weighted by molar-refractivity contribution is 5.79. The maximum absolute atomic E-state index is 12.2. The van der Waals surface area contributed by atoms with Gasteiger partial charge in [-0.1, -0.05) is 12.8 Å². The van der Waals surface area contributed by atoms with Crippen LogP contribution in [0.5, 0.6) is 0 Å². The van der Waals surface area contributed by atoms with Crippen molar-refractivity contribution >= 4 is 11.9 Å². The molecule has 0 bridgehead atoms. The summed E-state index contributed by atoms with van der Waals surface area (Å²) in [5, 5.41) is 8.80. The molecule has 0 spiro atoms. The van der Waals surface area contributed by atoms with Crippen molar-refractivity contribution in [2.45, 2.75) is 44.9 Å². The third-order valence-corrected chi connectivity index (χ3v) is 4.00. The van der Waals surface area contributed by atoms with E-state index in [0.29, 0.717) is 6.54 Å². The molecule has 2 aliphatic rings. The first-order chi connectivity index (χ1) is 8.16. The summed E-state index contributed by atoms with van der Waals surface area (Å²) >= 11 is 0. The Kier molecular flexibility index (Phi) is 4.02. The van der Waals surface area contributed by atoms with E-state index in [4.69, 9.17) is 5.11 Å². The molecule has 2 rings (SSSR count). The van der Waals surface area contributed by atoms with Crippen molar-refractivity contribution in [3.05, 3.63) is 0 Å². The molecular formula is C13H21NO3. The maximum atomic E-state index is 12.2. The van der Waals surface area contributed by atoms with Gasteiger partial charge in [0.25, 0.3) is 0 Å². The molecule has 0 aromatic rings. The minimum atomic E-state index is -0.745. The van der Waals surface area contributed by atoms with E-state index in [9.17, 15) is 9.59 Å². The smallest absolute Gasteiger partial charge is 0.303 e. The first kappa shape index (κ1) is 12.4. The summed E-state index contributed by atoms with van der Waals surface area (Å²) in [5.74, 6) is -0.0899. The molecule has 0 aromatic heterocycles. The number of aliphatic carboxylic acids is 1. The highest BCUT2D eigenvalue weighted by Crippen LogP contribution is 2.29. The molecule has 0 aromatic carbocycles. The Balaban J connectivity index is 1.87. The molecule has 1 amide bonds. The van der Waals surface area contributed by atoms with E-state index in [0.717, 1.165) is 32.2 Å². The van der Waals surface area contributed by atoms with Crippen LogP contribution < -0.4 is 0 Å². The average Bonchev–Trinajstić information content (AvgIpc) is 2.81. The number of nitrogens with zero attached hydrogens (tertiary/aromatic N) is 1. The number of carboxylic acid groups (broad SMARTS) is 1. The van der Waals surface area contributed by atoms with Crippen LogP contribution in [0, 0.1) is 11.8 Å². The number of amides is 1. The van der Waals surface area contributed by atoms with Gasteiger partial charge in [-0.05, 0) is 31.6 Å². The van der Waals surface area contributed by atoms with Crippen LogP contribution in [0.4, 0.5) is 0 Å². The SMILES string of the molecule is O=C(O)CC1CCCN(C(=O)C2CCCC2)C1. The summed E-state index contributed by atoms with van der Waals surface area (Å²) in [6, 6.07) is 0. The third-order valence-electron chi connectivity index (χ3n) is 4.00. The van der Waals surface area contributed by atoms with Gasteiger partial charge in [-0.2, -0.15) is 0 Å². The molecule has 17 heavy (non-hydrogen) atoms. The predicted molar refractivity (Wildman–Crippen MR) is 63.5 cm³/mol.